The van der Waals surface area contributed by atoms with Crippen molar-refractivity contribution in [2.24, 2.45) is 0 Å². The number of aromatic nitrogens is 2. The van der Waals surface area contributed by atoms with Gasteiger partial charge in [-0.3, -0.25) is 5.32 Å². The van der Waals surface area contributed by atoms with Crippen LogP contribution in [0.4, 0.5) is 10.5 Å². The fraction of sp³-hybridized carbons (Fsp3) is 0.444. The Balaban J connectivity index is 2.59. The third-order valence-electron chi connectivity index (χ3n) is 1.27. The Bertz CT molecular complexity index is 363. The van der Waals surface area contributed by atoms with Gasteiger partial charge in [-0.25, -0.2) is 4.79 Å². The first-order valence-corrected chi connectivity index (χ1v) is 4.73. The third-order valence-corrected chi connectivity index (χ3v) is 1.45. The quantitative estimate of drug-likeness (QED) is 0.804. The summed E-state index contributed by atoms with van der Waals surface area (Å²) < 4.78 is 5.04. The second-order valence-electron chi connectivity index (χ2n) is 3.89. The number of hydrogen-bond acceptors (Lipinski definition) is 4. The van der Waals surface area contributed by atoms with Crippen LogP contribution in [-0.2, 0) is 4.74 Å². The van der Waals surface area contributed by atoms with Crippen molar-refractivity contribution in [3.8, 4) is 0 Å². The highest BCUT2D eigenvalue weighted by molar-refractivity contribution is 6.29. The lowest BCUT2D eigenvalue weighted by Gasteiger charge is -2.19. The number of nitrogens with one attached hydrogen (secondary N) is 1. The predicted octanol–water partition coefficient (Wildman–Crippen LogP) is 2.48. The molecular weight excluding hydrogens is 218 g/mol. The van der Waals surface area contributed by atoms with E-state index in [0.29, 0.717) is 5.69 Å². The molecule has 1 amide bonds. The molecule has 0 bridgehead atoms. The molecule has 15 heavy (non-hydrogen) atoms. The minimum Gasteiger partial charge on any atom is -0.444 e. The zero-order valence-electron chi connectivity index (χ0n) is 8.74. The maximum absolute atomic E-state index is 11.3. The largest absolute Gasteiger partial charge is 0.444 e. The number of nitrogens with zero attached hydrogens (tertiary/aromatic N) is 2. The van der Waals surface area contributed by atoms with E-state index in [4.69, 9.17) is 16.3 Å². The molecule has 0 aliphatic rings. The number of hydrogen-bond donors (Lipinski definition) is 1. The predicted molar refractivity (Wildman–Crippen MR) is 56.9 cm³/mol. The van der Waals surface area contributed by atoms with Gasteiger partial charge in [0.25, 0.3) is 0 Å². The van der Waals surface area contributed by atoms with Crippen LogP contribution < -0.4 is 5.32 Å². The molecule has 1 N–H and O–H groups in total. The summed E-state index contributed by atoms with van der Waals surface area (Å²) in [5, 5.41) is 9.83. The Kier molecular flexibility index (Phi) is 3.47. The topological polar surface area (TPSA) is 64.1 Å². The molecule has 0 saturated heterocycles. The Morgan fingerprint density at radius 2 is 2.20 bits per heavy atom. The highest BCUT2D eigenvalue weighted by Gasteiger charge is 2.16. The first-order valence-electron chi connectivity index (χ1n) is 4.35. The van der Waals surface area contributed by atoms with Crippen molar-refractivity contribution in [2.75, 3.05) is 5.32 Å². The minimum absolute atomic E-state index is 0.212. The van der Waals surface area contributed by atoms with Crippen LogP contribution in [0, 0.1) is 0 Å². The van der Waals surface area contributed by atoms with Crippen molar-refractivity contribution < 1.29 is 9.53 Å². The Morgan fingerprint density at radius 3 is 2.73 bits per heavy atom. The van der Waals surface area contributed by atoms with E-state index in [2.05, 4.69) is 15.5 Å². The van der Waals surface area contributed by atoms with Gasteiger partial charge in [0.1, 0.15) is 5.60 Å². The van der Waals surface area contributed by atoms with Gasteiger partial charge in [0.15, 0.2) is 5.15 Å². The van der Waals surface area contributed by atoms with E-state index in [1.807, 2.05) is 0 Å². The smallest absolute Gasteiger partial charge is 0.412 e. The lowest BCUT2D eigenvalue weighted by molar-refractivity contribution is 0.0636. The summed E-state index contributed by atoms with van der Waals surface area (Å²) in [5.74, 6) is 0. The van der Waals surface area contributed by atoms with Crippen LogP contribution >= 0.6 is 11.6 Å². The lowest BCUT2D eigenvalue weighted by Crippen LogP contribution is -2.27. The normalized spacial score (nSPS) is 10.9. The zero-order chi connectivity index (χ0) is 11.5. The van der Waals surface area contributed by atoms with Gasteiger partial charge in [0.05, 0.1) is 11.9 Å². The van der Waals surface area contributed by atoms with Gasteiger partial charge >= 0.3 is 6.09 Å². The van der Waals surface area contributed by atoms with Crippen LogP contribution in [0.1, 0.15) is 20.8 Å². The van der Waals surface area contributed by atoms with E-state index in [9.17, 15) is 4.79 Å². The summed E-state index contributed by atoms with van der Waals surface area (Å²) in [5.41, 5.74) is -0.0850. The summed E-state index contributed by atoms with van der Waals surface area (Å²) >= 11 is 5.60. The molecule has 1 rings (SSSR count). The van der Waals surface area contributed by atoms with E-state index in [-0.39, 0.29) is 5.15 Å². The van der Waals surface area contributed by atoms with Crippen LogP contribution in [0.2, 0.25) is 5.15 Å². The molecule has 0 spiro atoms. The van der Waals surface area contributed by atoms with Crippen LogP contribution in [-0.4, -0.2) is 21.9 Å². The van der Waals surface area contributed by atoms with E-state index in [0.717, 1.165) is 0 Å². The molecule has 1 aromatic heterocycles. The van der Waals surface area contributed by atoms with E-state index < -0.39 is 11.7 Å². The van der Waals surface area contributed by atoms with Crippen molar-refractivity contribution >= 4 is 23.4 Å². The van der Waals surface area contributed by atoms with Crippen LogP contribution in [0.5, 0.6) is 0 Å². The zero-order valence-corrected chi connectivity index (χ0v) is 9.50. The van der Waals surface area contributed by atoms with Crippen LogP contribution in [0.15, 0.2) is 12.3 Å². The van der Waals surface area contributed by atoms with Crippen molar-refractivity contribution in [3.63, 3.8) is 0 Å². The standard InChI is InChI=1S/C9H12ClN3O2/c1-9(2,3)15-8(14)12-6-4-7(10)13-11-5-6/h4-5H,1-3H3,(H,12,13,14). The summed E-state index contributed by atoms with van der Waals surface area (Å²) in [7, 11) is 0. The number of ether oxygens (including phenoxy) is 1. The molecule has 1 aromatic rings. The third kappa shape index (κ3) is 4.60. The second kappa shape index (κ2) is 4.44. The molecule has 5 nitrogen and oxygen atoms in total. The van der Waals surface area contributed by atoms with Gasteiger partial charge in [0.2, 0.25) is 0 Å². The number of carbonyl (C=O) groups is 1. The maximum Gasteiger partial charge on any atom is 0.412 e. The average molecular weight is 230 g/mol. The molecule has 0 aliphatic heterocycles. The monoisotopic (exact) mass is 229 g/mol. The molecule has 6 heteroatoms. The van der Waals surface area contributed by atoms with Gasteiger partial charge < -0.3 is 4.74 Å². The molecule has 0 aliphatic carbocycles. The fourth-order valence-electron chi connectivity index (χ4n) is 0.830. The van der Waals surface area contributed by atoms with Gasteiger partial charge in [-0.05, 0) is 20.8 Å². The summed E-state index contributed by atoms with van der Waals surface area (Å²) in [6.45, 7) is 5.35. The summed E-state index contributed by atoms with van der Waals surface area (Å²) in [6.07, 6.45) is 0.835. The molecule has 0 radical (unpaired) electrons. The molecule has 82 valence electrons. The Hall–Kier alpha value is -1.36. The number of anilines is 1. The van der Waals surface area contributed by atoms with E-state index >= 15 is 0 Å². The number of carbonyl (C=O) groups excluding carboxylic acids is 1. The van der Waals surface area contributed by atoms with E-state index in [1.54, 1.807) is 20.8 Å². The summed E-state index contributed by atoms with van der Waals surface area (Å²) in [4.78, 5) is 11.3. The van der Waals surface area contributed by atoms with Crippen molar-refractivity contribution in [1.29, 1.82) is 0 Å². The Labute approximate surface area is 92.8 Å². The molecule has 1 heterocycles. The average Bonchev–Trinajstić information content (AvgIpc) is 1.99. The molecule has 0 aromatic carbocycles. The summed E-state index contributed by atoms with van der Waals surface area (Å²) in [6, 6.07) is 1.48. The highest BCUT2D eigenvalue weighted by atomic mass is 35.5. The molecule has 0 atom stereocenters. The molecule has 0 fully saturated rings. The first kappa shape index (κ1) is 11.7. The fourth-order valence-corrected chi connectivity index (χ4v) is 0.992. The van der Waals surface area contributed by atoms with Gasteiger partial charge in [-0.2, -0.15) is 5.10 Å². The number of halogens is 1. The first-order chi connectivity index (χ1) is 6.87. The number of rotatable bonds is 1. The lowest BCUT2D eigenvalue weighted by atomic mass is 10.2. The molecule has 0 saturated carbocycles. The number of amides is 1. The second-order valence-corrected chi connectivity index (χ2v) is 4.28. The van der Waals surface area contributed by atoms with Gasteiger partial charge in [0, 0.05) is 6.07 Å². The van der Waals surface area contributed by atoms with Crippen molar-refractivity contribution in [3.05, 3.63) is 17.4 Å². The van der Waals surface area contributed by atoms with Crippen LogP contribution in [0.3, 0.4) is 0 Å². The maximum atomic E-state index is 11.3. The Morgan fingerprint density at radius 1 is 1.53 bits per heavy atom. The molecular formula is C9H12ClN3O2. The minimum atomic E-state index is -0.549. The van der Waals surface area contributed by atoms with Crippen molar-refractivity contribution in [2.45, 2.75) is 26.4 Å². The van der Waals surface area contributed by atoms with Gasteiger partial charge in [-0.15, -0.1) is 5.10 Å². The van der Waals surface area contributed by atoms with E-state index in [1.165, 1.54) is 12.3 Å². The SMILES string of the molecule is CC(C)(C)OC(=O)Nc1cnnc(Cl)c1. The molecule has 0 unspecified atom stereocenters. The van der Waals surface area contributed by atoms with Crippen LogP contribution in [0.25, 0.3) is 0 Å². The van der Waals surface area contributed by atoms with Crippen molar-refractivity contribution in [1.82, 2.24) is 10.2 Å². The van der Waals surface area contributed by atoms with Gasteiger partial charge in [-0.1, -0.05) is 11.6 Å². The highest BCUT2D eigenvalue weighted by Crippen LogP contribution is 2.12.